The monoisotopic (exact) mass is 471 g/mol. The van der Waals surface area contributed by atoms with Crippen LogP contribution in [0.3, 0.4) is 0 Å². The first kappa shape index (κ1) is 24.6. The van der Waals surface area contributed by atoms with Gasteiger partial charge in [0, 0.05) is 6.54 Å². The van der Waals surface area contributed by atoms with E-state index in [-0.39, 0.29) is 0 Å². The van der Waals surface area contributed by atoms with Crippen LogP contribution in [0, 0.1) is 6.92 Å². The highest BCUT2D eigenvalue weighted by molar-refractivity contribution is 5.78. The summed E-state index contributed by atoms with van der Waals surface area (Å²) in [4.78, 5) is 13.8. The minimum Gasteiger partial charge on any atom is -0.496 e. The number of piperidine rings is 1. The molecular formula is C30H33NO4. The van der Waals surface area contributed by atoms with Gasteiger partial charge in [-0.3, -0.25) is 9.69 Å². The van der Waals surface area contributed by atoms with Crippen LogP contribution < -0.4 is 9.47 Å². The maximum Gasteiger partial charge on any atom is 0.320 e. The lowest BCUT2D eigenvalue weighted by atomic mass is 9.96. The van der Waals surface area contributed by atoms with Crippen LogP contribution in [-0.2, 0) is 11.3 Å². The summed E-state index contributed by atoms with van der Waals surface area (Å²) in [5.41, 5.74) is 6.61. The van der Waals surface area contributed by atoms with Crippen LogP contribution in [0.25, 0.3) is 23.3 Å². The molecule has 35 heavy (non-hydrogen) atoms. The molecule has 0 spiro atoms. The first-order chi connectivity index (χ1) is 17.0. The smallest absolute Gasteiger partial charge is 0.320 e. The van der Waals surface area contributed by atoms with Gasteiger partial charge in [-0.25, -0.2) is 0 Å². The highest BCUT2D eigenvalue weighted by Gasteiger charge is 2.30. The highest BCUT2D eigenvalue weighted by atomic mass is 16.5. The van der Waals surface area contributed by atoms with Crippen molar-refractivity contribution in [1.82, 2.24) is 4.90 Å². The average Bonchev–Trinajstić information content (AvgIpc) is 2.89. The zero-order valence-corrected chi connectivity index (χ0v) is 20.7. The van der Waals surface area contributed by atoms with Gasteiger partial charge in [0.1, 0.15) is 17.5 Å². The number of benzene rings is 3. The predicted octanol–water partition coefficient (Wildman–Crippen LogP) is 6.29. The lowest BCUT2D eigenvalue weighted by Crippen LogP contribution is -2.44. The molecule has 0 radical (unpaired) electrons. The standard InChI is InChI=1S/C30H33NO4/c1-21-23(12-9-13-25(21)24-10-5-4-6-11-24)16-15-22-18-28(34-2)26(29(19-22)35-3)20-31-17-8-7-14-27(31)30(32)33/h4-6,9-13,15-16,18-19,27H,7-8,14,17,20H2,1-3H3,(H,32,33)/b16-15+. The predicted molar refractivity (Wildman–Crippen MR) is 141 cm³/mol. The third kappa shape index (κ3) is 5.57. The molecule has 1 fully saturated rings. The Kier molecular flexibility index (Phi) is 7.88. The van der Waals surface area contributed by atoms with Crippen molar-refractivity contribution in [1.29, 1.82) is 0 Å². The lowest BCUT2D eigenvalue weighted by Gasteiger charge is -2.33. The number of rotatable bonds is 8. The van der Waals surface area contributed by atoms with Gasteiger partial charge in [0.2, 0.25) is 0 Å². The SMILES string of the molecule is COc1cc(/C=C/c2cccc(-c3ccccc3)c2C)cc(OC)c1CN1CCCCC1C(=O)O. The molecule has 1 aliphatic heterocycles. The summed E-state index contributed by atoms with van der Waals surface area (Å²) in [6.45, 7) is 3.37. The van der Waals surface area contributed by atoms with E-state index in [1.807, 2.05) is 23.1 Å². The van der Waals surface area contributed by atoms with Gasteiger partial charge in [0.25, 0.3) is 0 Å². The van der Waals surface area contributed by atoms with Crippen molar-refractivity contribution in [2.24, 2.45) is 0 Å². The van der Waals surface area contributed by atoms with Crippen molar-refractivity contribution < 1.29 is 19.4 Å². The number of hydrogen-bond acceptors (Lipinski definition) is 4. The van der Waals surface area contributed by atoms with Gasteiger partial charge < -0.3 is 14.6 Å². The maximum absolute atomic E-state index is 11.8. The van der Waals surface area contributed by atoms with Gasteiger partial charge in [0.15, 0.2) is 0 Å². The van der Waals surface area contributed by atoms with Gasteiger partial charge in [-0.1, -0.05) is 67.1 Å². The second kappa shape index (κ2) is 11.2. The summed E-state index contributed by atoms with van der Waals surface area (Å²) in [5.74, 6) is 0.636. The Bertz CT molecular complexity index is 1180. The number of ether oxygens (including phenoxy) is 2. The molecule has 0 aromatic heterocycles. The molecule has 182 valence electrons. The van der Waals surface area contributed by atoms with E-state index >= 15 is 0 Å². The Morgan fingerprint density at radius 3 is 2.37 bits per heavy atom. The highest BCUT2D eigenvalue weighted by Crippen LogP contribution is 2.34. The fraction of sp³-hybridized carbons (Fsp3) is 0.300. The maximum atomic E-state index is 11.8. The number of carboxylic acids is 1. The number of carboxylic acid groups (broad SMARTS) is 1. The fourth-order valence-corrected chi connectivity index (χ4v) is 4.87. The Hall–Kier alpha value is -3.57. The fourth-order valence-electron chi connectivity index (χ4n) is 4.87. The largest absolute Gasteiger partial charge is 0.496 e. The van der Waals surface area contributed by atoms with Gasteiger partial charge in [0.05, 0.1) is 19.8 Å². The molecule has 5 nitrogen and oxygen atoms in total. The van der Waals surface area contributed by atoms with E-state index in [0.717, 1.165) is 36.1 Å². The lowest BCUT2D eigenvalue weighted by molar-refractivity contribution is -0.144. The van der Waals surface area contributed by atoms with E-state index in [0.29, 0.717) is 24.5 Å². The third-order valence-corrected chi connectivity index (χ3v) is 6.81. The molecule has 1 aliphatic rings. The quantitative estimate of drug-likeness (QED) is 0.391. The van der Waals surface area contributed by atoms with E-state index in [1.54, 1.807) is 14.2 Å². The van der Waals surface area contributed by atoms with E-state index < -0.39 is 12.0 Å². The molecule has 0 saturated carbocycles. The van der Waals surface area contributed by atoms with Crippen molar-refractivity contribution in [2.75, 3.05) is 20.8 Å². The van der Waals surface area contributed by atoms with Gasteiger partial charge >= 0.3 is 5.97 Å². The number of carbonyl (C=O) groups is 1. The molecule has 1 N–H and O–H groups in total. The third-order valence-electron chi connectivity index (χ3n) is 6.81. The van der Waals surface area contributed by atoms with E-state index in [1.165, 1.54) is 16.7 Å². The Morgan fingerprint density at radius 2 is 1.71 bits per heavy atom. The summed E-state index contributed by atoms with van der Waals surface area (Å²) in [5, 5.41) is 9.66. The zero-order valence-electron chi connectivity index (χ0n) is 20.7. The molecule has 0 amide bonds. The minimum absolute atomic E-state index is 0.474. The number of likely N-dealkylation sites (tertiary alicyclic amines) is 1. The van der Waals surface area contributed by atoms with Gasteiger partial charge in [-0.05, 0) is 66.3 Å². The summed E-state index contributed by atoms with van der Waals surface area (Å²) in [7, 11) is 3.29. The normalized spacial score (nSPS) is 16.4. The molecule has 3 aromatic carbocycles. The topological polar surface area (TPSA) is 59.0 Å². The van der Waals surface area contributed by atoms with Crippen molar-refractivity contribution in [3.05, 3.63) is 82.9 Å². The van der Waals surface area contributed by atoms with E-state index in [2.05, 4.69) is 61.5 Å². The molecular weight excluding hydrogens is 438 g/mol. The van der Waals surface area contributed by atoms with Gasteiger partial charge in [-0.2, -0.15) is 0 Å². The van der Waals surface area contributed by atoms with Gasteiger partial charge in [-0.15, -0.1) is 0 Å². The van der Waals surface area contributed by atoms with Crippen molar-refractivity contribution in [3.8, 4) is 22.6 Å². The van der Waals surface area contributed by atoms with Crippen LogP contribution in [0.2, 0.25) is 0 Å². The summed E-state index contributed by atoms with van der Waals surface area (Å²) < 4.78 is 11.5. The number of nitrogens with zero attached hydrogens (tertiary/aromatic N) is 1. The Balaban J connectivity index is 1.63. The zero-order chi connectivity index (χ0) is 24.8. The van der Waals surface area contributed by atoms with Crippen molar-refractivity contribution in [2.45, 2.75) is 38.8 Å². The van der Waals surface area contributed by atoms with Crippen LogP contribution in [-0.4, -0.2) is 42.8 Å². The Morgan fingerprint density at radius 1 is 1.00 bits per heavy atom. The molecule has 1 atom stereocenters. The number of hydrogen-bond donors (Lipinski definition) is 1. The molecule has 5 heteroatoms. The minimum atomic E-state index is -0.768. The molecule has 1 heterocycles. The molecule has 0 aliphatic carbocycles. The molecule has 1 saturated heterocycles. The number of methoxy groups -OCH3 is 2. The van der Waals surface area contributed by atoms with Crippen LogP contribution in [0.5, 0.6) is 11.5 Å². The van der Waals surface area contributed by atoms with Crippen LogP contribution in [0.4, 0.5) is 0 Å². The molecule has 0 bridgehead atoms. The first-order valence-electron chi connectivity index (χ1n) is 12.1. The number of aliphatic carboxylic acids is 1. The van der Waals surface area contributed by atoms with E-state index in [4.69, 9.17) is 9.47 Å². The molecule has 1 unspecified atom stereocenters. The first-order valence-corrected chi connectivity index (χ1v) is 12.1. The Labute approximate surface area is 207 Å². The molecule has 3 aromatic rings. The second-order valence-corrected chi connectivity index (χ2v) is 8.94. The summed E-state index contributed by atoms with van der Waals surface area (Å²) >= 11 is 0. The van der Waals surface area contributed by atoms with Crippen LogP contribution in [0.15, 0.2) is 60.7 Å². The van der Waals surface area contributed by atoms with Crippen molar-refractivity contribution in [3.63, 3.8) is 0 Å². The second-order valence-electron chi connectivity index (χ2n) is 8.94. The molecule has 4 rings (SSSR count). The van der Waals surface area contributed by atoms with Crippen molar-refractivity contribution >= 4 is 18.1 Å². The summed E-state index contributed by atoms with van der Waals surface area (Å²) in [6, 6.07) is 20.2. The summed E-state index contributed by atoms with van der Waals surface area (Å²) in [6.07, 6.45) is 6.78. The van der Waals surface area contributed by atoms with E-state index in [9.17, 15) is 9.90 Å². The van der Waals surface area contributed by atoms with Crippen LogP contribution in [0.1, 0.15) is 41.5 Å². The van der Waals surface area contributed by atoms with Crippen LogP contribution >= 0.6 is 0 Å². The average molecular weight is 472 g/mol.